The van der Waals surface area contributed by atoms with Crippen LogP contribution in [0.25, 0.3) is 0 Å². The highest BCUT2D eigenvalue weighted by Crippen LogP contribution is 2.52. The van der Waals surface area contributed by atoms with Gasteiger partial charge in [0.25, 0.3) is 0 Å². The number of methoxy groups -OCH3 is 2. The third-order valence-corrected chi connectivity index (χ3v) is 9.00. The molecule has 3 fully saturated rings. The molecule has 1 aliphatic carbocycles. The van der Waals surface area contributed by atoms with Gasteiger partial charge >= 0.3 is 0 Å². The summed E-state index contributed by atoms with van der Waals surface area (Å²) in [7, 11) is 3.32. The standard InChI is InChI=1S/C28H36O7S/c1-27(2)34-17-28(35-27)24(33-15-19-6-5-7-21(12-19)31-4)13-22-23(16-36-25(22)26(28)29)32-14-18-8-10-20(30-3)11-9-18/h5-12,22-26,29H,13-17H2,1-4H3/t22-,23+,24+,25+,26-,28-/m1/s1. The van der Waals surface area contributed by atoms with Crippen molar-refractivity contribution in [1.29, 1.82) is 0 Å². The molecule has 196 valence electrons. The molecule has 0 unspecified atom stereocenters. The Morgan fingerprint density at radius 3 is 2.42 bits per heavy atom. The molecule has 3 aliphatic rings. The average molecular weight is 517 g/mol. The monoisotopic (exact) mass is 516 g/mol. The summed E-state index contributed by atoms with van der Waals surface area (Å²) in [6, 6.07) is 15.8. The summed E-state index contributed by atoms with van der Waals surface area (Å²) in [4.78, 5) is 0. The van der Waals surface area contributed by atoms with Crippen LogP contribution in [0.4, 0.5) is 0 Å². The van der Waals surface area contributed by atoms with Crippen LogP contribution in [-0.2, 0) is 32.2 Å². The molecule has 2 aliphatic heterocycles. The second-order valence-corrected chi connectivity index (χ2v) is 11.4. The van der Waals surface area contributed by atoms with E-state index in [0.717, 1.165) is 34.8 Å². The van der Waals surface area contributed by atoms with E-state index < -0.39 is 17.5 Å². The molecule has 2 heterocycles. The van der Waals surface area contributed by atoms with E-state index in [-0.39, 0.29) is 23.4 Å². The second-order valence-electron chi connectivity index (χ2n) is 10.2. The maximum atomic E-state index is 11.7. The third kappa shape index (κ3) is 5.12. The summed E-state index contributed by atoms with van der Waals surface area (Å²) in [5, 5.41) is 11.7. The van der Waals surface area contributed by atoms with Gasteiger partial charge in [-0.2, -0.15) is 11.8 Å². The van der Waals surface area contributed by atoms with Crippen molar-refractivity contribution in [2.24, 2.45) is 5.92 Å². The minimum atomic E-state index is -0.915. The number of ether oxygens (including phenoxy) is 6. The number of aliphatic hydroxyl groups excluding tert-OH is 1. The summed E-state index contributed by atoms with van der Waals surface area (Å²) in [5.74, 6) is 1.81. The Kier molecular flexibility index (Phi) is 7.54. The highest BCUT2D eigenvalue weighted by molar-refractivity contribution is 8.00. The van der Waals surface area contributed by atoms with E-state index in [0.29, 0.717) is 19.8 Å². The lowest BCUT2D eigenvalue weighted by Crippen LogP contribution is -2.64. The van der Waals surface area contributed by atoms with Crippen LogP contribution in [0.5, 0.6) is 11.5 Å². The van der Waals surface area contributed by atoms with Crippen LogP contribution in [0.3, 0.4) is 0 Å². The van der Waals surface area contributed by atoms with Gasteiger partial charge < -0.3 is 33.5 Å². The first-order chi connectivity index (χ1) is 17.3. The van der Waals surface area contributed by atoms with Crippen molar-refractivity contribution < 1.29 is 33.5 Å². The number of aliphatic hydroxyl groups is 1. The molecule has 1 saturated carbocycles. The molecule has 0 amide bonds. The van der Waals surface area contributed by atoms with Crippen LogP contribution in [0.15, 0.2) is 48.5 Å². The molecule has 6 atom stereocenters. The Labute approximate surface area is 217 Å². The topological polar surface area (TPSA) is 75.6 Å². The van der Waals surface area contributed by atoms with Crippen molar-refractivity contribution in [2.75, 3.05) is 26.6 Å². The second kappa shape index (κ2) is 10.5. The van der Waals surface area contributed by atoms with Crippen molar-refractivity contribution in [3.63, 3.8) is 0 Å². The fourth-order valence-corrected chi connectivity index (χ4v) is 7.27. The number of rotatable bonds is 8. The lowest BCUT2D eigenvalue weighted by Gasteiger charge is -2.48. The van der Waals surface area contributed by atoms with Crippen molar-refractivity contribution >= 4 is 11.8 Å². The largest absolute Gasteiger partial charge is 0.497 e. The quantitative estimate of drug-likeness (QED) is 0.560. The van der Waals surface area contributed by atoms with Gasteiger partial charge in [-0.1, -0.05) is 24.3 Å². The Morgan fingerprint density at radius 2 is 1.72 bits per heavy atom. The van der Waals surface area contributed by atoms with Crippen LogP contribution < -0.4 is 9.47 Å². The molecule has 7 nitrogen and oxygen atoms in total. The zero-order chi connectivity index (χ0) is 25.3. The van der Waals surface area contributed by atoms with Crippen molar-refractivity contribution in [2.45, 2.75) is 68.4 Å². The van der Waals surface area contributed by atoms with Crippen molar-refractivity contribution in [3.05, 3.63) is 59.7 Å². The maximum absolute atomic E-state index is 11.7. The van der Waals surface area contributed by atoms with Crippen molar-refractivity contribution in [3.8, 4) is 11.5 Å². The van der Waals surface area contributed by atoms with Crippen LogP contribution >= 0.6 is 11.8 Å². The zero-order valence-electron chi connectivity index (χ0n) is 21.3. The molecule has 5 rings (SSSR count). The molecule has 0 radical (unpaired) electrons. The van der Waals surface area contributed by atoms with E-state index in [1.54, 1.807) is 26.0 Å². The summed E-state index contributed by atoms with van der Waals surface area (Å²) < 4.78 is 36.0. The predicted molar refractivity (Wildman–Crippen MR) is 137 cm³/mol. The van der Waals surface area contributed by atoms with E-state index >= 15 is 0 Å². The van der Waals surface area contributed by atoms with E-state index in [2.05, 4.69) is 0 Å². The highest BCUT2D eigenvalue weighted by atomic mass is 32.2. The smallest absolute Gasteiger partial charge is 0.164 e. The van der Waals surface area contributed by atoms with Gasteiger partial charge in [0.15, 0.2) is 5.79 Å². The van der Waals surface area contributed by atoms with Gasteiger partial charge in [-0.15, -0.1) is 0 Å². The molecule has 2 saturated heterocycles. The number of hydrogen-bond donors (Lipinski definition) is 1. The lowest BCUT2D eigenvalue weighted by atomic mass is 9.72. The summed E-state index contributed by atoms with van der Waals surface area (Å²) in [6.07, 6.45) is -0.321. The van der Waals surface area contributed by atoms with E-state index in [4.69, 9.17) is 28.4 Å². The predicted octanol–water partition coefficient (Wildman–Crippen LogP) is 4.19. The van der Waals surface area contributed by atoms with Gasteiger partial charge in [0.1, 0.15) is 23.2 Å². The minimum Gasteiger partial charge on any atom is -0.497 e. The molecule has 0 bridgehead atoms. The Morgan fingerprint density at radius 1 is 0.972 bits per heavy atom. The number of fused-ring (bicyclic) bond motifs is 1. The number of hydrogen-bond acceptors (Lipinski definition) is 8. The Bertz CT molecular complexity index is 1030. The molecule has 8 heteroatoms. The fourth-order valence-electron chi connectivity index (χ4n) is 5.56. The highest BCUT2D eigenvalue weighted by Gasteiger charge is 2.64. The summed E-state index contributed by atoms with van der Waals surface area (Å²) in [6.45, 7) is 4.99. The number of thioether (sulfide) groups is 1. The van der Waals surface area contributed by atoms with E-state index in [9.17, 15) is 5.11 Å². The Balaban J connectivity index is 1.32. The molecule has 2 aromatic rings. The van der Waals surface area contributed by atoms with Crippen LogP contribution in [0.2, 0.25) is 0 Å². The van der Waals surface area contributed by atoms with Crippen LogP contribution in [0, 0.1) is 5.92 Å². The van der Waals surface area contributed by atoms with Gasteiger partial charge in [-0.05, 0) is 55.7 Å². The van der Waals surface area contributed by atoms with Crippen LogP contribution in [-0.4, -0.2) is 66.6 Å². The maximum Gasteiger partial charge on any atom is 0.164 e. The van der Waals surface area contributed by atoms with Crippen molar-refractivity contribution in [1.82, 2.24) is 0 Å². The van der Waals surface area contributed by atoms with Gasteiger partial charge in [0.2, 0.25) is 0 Å². The van der Waals surface area contributed by atoms with Gasteiger partial charge in [0, 0.05) is 16.9 Å². The lowest BCUT2D eigenvalue weighted by molar-refractivity contribution is -0.242. The fraction of sp³-hybridized carbons (Fsp3) is 0.571. The number of benzene rings is 2. The van der Waals surface area contributed by atoms with Gasteiger partial charge in [-0.3, -0.25) is 0 Å². The van der Waals surface area contributed by atoms with E-state index in [1.165, 1.54) is 0 Å². The zero-order valence-corrected chi connectivity index (χ0v) is 22.2. The average Bonchev–Trinajstić information content (AvgIpc) is 3.45. The first-order valence-corrected chi connectivity index (χ1v) is 13.5. The van der Waals surface area contributed by atoms with Gasteiger partial charge in [0.05, 0.1) is 46.2 Å². The first-order valence-electron chi connectivity index (χ1n) is 12.5. The molecule has 1 spiro atoms. The Hall–Kier alpha value is -1.81. The molecule has 2 aromatic carbocycles. The first kappa shape index (κ1) is 25.8. The summed E-state index contributed by atoms with van der Waals surface area (Å²) >= 11 is 1.76. The molecular weight excluding hydrogens is 480 g/mol. The third-order valence-electron chi connectivity index (χ3n) is 7.49. The van der Waals surface area contributed by atoms with Gasteiger partial charge in [-0.25, -0.2) is 0 Å². The summed E-state index contributed by atoms with van der Waals surface area (Å²) in [5.41, 5.74) is 1.19. The normalized spacial score (nSPS) is 33.0. The molecule has 0 aromatic heterocycles. The molecule has 1 N–H and O–H groups in total. The van der Waals surface area contributed by atoms with Crippen LogP contribution in [0.1, 0.15) is 31.4 Å². The van der Waals surface area contributed by atoms with E-state index in [1.807, 2.05) is 62.4 Å². The molecular formula is C28H36O7S. The SMILES string of the molecule is COc1ccc(CO[C@H]2CS[C@H]3[C@@H]2C[C@H](OCc2cccc(OC)c2)[C@]2(COC(C)(C)O2)[C@@H]3O)cc1. The molecule has 36 heavy (non-hydrogen) atoms. The minimum absolute atomic E-state index is 0.0000340.